The number of rotatable bonds is 52. The maximum Gasteiger partial charge on any atom is 0.306 e. The quantitative estimate of drug-likeness (QED) is 0.0321. The average molecular weight is 939 g/mol. The first-order valence-electron chi connectivity index (χ1n) is 29.0. The van der Waals surface area contributed by atoms with E-state index in [9.17, 15) is 19.8 Å². The van der Waals surface area contributed by atoms with Gasteiger partial charge < -0.3 is 20.3 Å². The third-order valence-electron chi connectivity index (χ3n) is 13.1. The Morgan fingerprint density at radius 2 is 0.761 bits per heavy atom. The van der Waals surface area contributed by atoms with Gasteiger partial charge >= 0.3 is 5.97 Å². The molecule has 3 atom stereocenters. The highest BCUT2D eigenvalue weighted by molar-refractivity contribution is 5.77. The van der Waals surface area contributed by atoms with Gasteiger partial charge in [0.05, 0.1) is 25.2 Å². The van der Waals surface area contributed by atoms with Crippen LogP contribution in [0, 0.1) is 0 Å². The van der Waals surface area contributed by atoms with Gasteiger partial charge in [0.2, 0.25) is 5.91 Å². The van der Waals surface area contributed by atoms with Gasteiger partial charge in [-0.25, -0.2) is 0 Å². The number of allylic oxidation sites excluding steroid dienone is 10. The van der Waals surface area contributed by atoms with E-state index in [0.717, 1.165) is 83.5 Å². The first-order chi connectivity index (χ1) is 33.0. The van der Waals surface area contributed by atoms with Crippen LogP contribution in [-0.4, -0.2) is 46.9 Å². The van der Waals surface area contributed by atoms with E-state index in [0.29, 0.717) is 19.3 Å². The summed E-state index contributed by atoms with van der Waals surface area (Å²) in [5, 5.41) is 23.9. The molecule has 0 fully saturated rings. The van der Waals surface area contributed by atoms with Gasteiger partial charge in [0, 0.05) is 6.42 Å². The number of amides is 1. The first-order valence-corrected chi connectivity index (χ1v) is 29.0. The lowest BCUT2D eigenvalue weighted by atomic mass is 10.0. The van der Waals surface area contributed by atoms with E-state index in [-0.39, 0.29) is 24.9 Å². The normalized spacial score (nSPS) is 13.6. The van der Waals surface area contributed by atoms with Gasteiger partial charge in [-0.2, -0.15) is 0 Å². The largest absolute Gasteiger partial charge is 0.462 e. The Balaban J connectivity index is 4.61. The van der Waals surface area contributed by atoms with E-state index in [4.69, 9.17) is 4.74 Å². The van der Waals surface area contributed by atoms with Crippen LogP contribution in [0.25, 0.3) is 0 Å². The molecular formula is C61H111NO5. The monoisotopic (exact) mass is 938 g/mol. The second-order valence-electron chi connectivity index (χ2n) is 19.7. The molecule has 0 radical (unpaired) electrons. The Labute approximate surface area is 416 Å². The van der Waals surface area contributed by atoms with E-state index >= 15 is 0 Å². The standard InChI is InChI=1S/C61H111NO5/c1-4-7-10-13-16-19-22-25-28-30-33-36-39-42-45-48-51-54-61(66)67-57(52-49-46-43-40-37-34-31-27-24-21-18-15-12-9-6-3)55-60(65)62-58(56-63)59(64)53-50-47-44-41-38-35-32-29-26-23-20-17-14-11-8-5-2/h16,18-19,21,25,27-28,31,37,40,57-59,63-64H,4-15,17,20,22-24,26,29-30,32-36,38-39,41-56H2,1-3H3,(H,62,65)/b19-16-,21-18-,28-25-,31-27-,40-37-. The van der Waals surface area contributed by atoms with Crippen LogP contribution >= 0.6 is 0 Å². The summed E-state index contributed by atoms with van der Waals surface area (Å²) in [5.41, 5.74) is 0. The van der Waals surface area contributed by atoms with Crippen LogP contribution < -0.4 is 5.32 Å². The van der Waals surface area contributed by atoms with Crippen LogP contribution in [0.3, 0.4) is 0 Å². The van der Waals surface area contributed by atoms with Gasteiger partial charge in [-0.1, -0.05) is 242 Å². The van der Waals surface area contributed by atoms with E-state index in [1.807, 2.05) is 0 Å². The Kier molecular flexibility index (Phi) is 52.5. The van der Waals surface area contributed by atoms with Gasteiger partial charge in [0.15, 0.2) is 0 Å². The summed E-state index contributed by atoms with van der Waals surface area (Å²) in [7, 11) is 0. The molecule has 3 unspecified atom stereocenters. The Hall–Kier alpha value is -2.44. The van der Waals surface area contributed by atoms with Gasteiger partial charge in [0.1, 0.15) is 6.10 Å². The number of nitrogens with one attached hydrogen (secondary N) is 1. The fourth-order valence-electron chi connectivity index (χ4n) is 8.64. The number of aliphatic hydroxyl groups excluding tert-OH is 2. The van der Waals surface area contributed by atoms with Gasteiger partial charge in [-0.15, -0.1) is 0 Å². The molecule has 6 nitrogen and oxygen atoms in total. The highest BCUT2D eigenvalue weighted by atomic mass is 16.5. The van der Waals surface area contributed by atoms with E-state index in [1.54, 1.807) is 0 Å². The summed E-state index contributed by atoms with van der Waals surface area (Å²) in [6.07, 6.45) is 68.5. The zero-order valence-corrected chi connectivity index (χ0v) is 44.5. The topological polar surface area (TPSA) is 95.9 Å². The van der Waals surface area contributed by atoms with Crippen molar-refractivity contribution >= 4 is 11.9 Å². The average Bonchev–Trinajstić information content (AvgIpc) is 3.32. The molecule has 0 saturated heterocycles. The summed E-state index contributed by atoms with van der Waals surface area (Å²) in [6.45, 7) is 6.44. The zero-order chi connectivity index (χ0) is 48.8. The van der Waals surface area contributed by atoms with Crippen LogP contribution in [0.5, 0.6) is 0 Å². The predicted octanol–water partition coefficient (Wildman–Crippen LogP) is 18.0. The SMILES string of the molecule is CCCCC/C=C\C/C=C\C/C=C\CCCCC(CC(=O)NC(CO)C(O)CCCCCCCCCCCCCCCCCC)OC(=O)CCCCCCCCC/C=C\C/C=C\CCCCC. The van der Waals surface area contributed by atoms with E-state index in [1.165, 1.54) is 161 Å². The van der Waals surface area contributed by atoms with Crippen LogP contribution in [0.4, 0.5) is 0 Å². The summed E-state index contributed by atoms with van der Waals surface area (Å²) < 4.78 is 5.94. The third kappa shape index (κ3) is 49.8. The predicted molar refractivity (Wildman–Crippen MR) is 292 cm³/mol. The minimum atomic E-state index is -0.801. The molecule has 0 aromatic heterocycles. The Morgan fingerprint density at radius 1 is 0.433 bits per heavy atom. The summed E-state index contributed by atoms with van der Waals surface area (Å²) in [6, 6.07) is -0.718. The molecule has 0 rings (SSSR count). The van der Waals surface area contributed by atoms with Crippen molar-refractivity contribution in [2.45, 2.75) is 309 Å². The van der Waals surface area contributed by atoms with Gasteiger partial charge in [-0.3, -0.25) is 9.59 Å². The summed E-state index contributed by atoms with van der Waals surface area (Å²) >= 11 is 0. The lowest BCUT2D eigenvalue weighted by Crippen LogP contribution is -2.46. The molecule has 0 bridgehead atoms. The molecule has 67 heavy (non-hydrogen) atoms. The van der Waals surface area contributed by atoms with Crippen LogP contribution in [-0.2, 0) is 14.3 Å². The fourth-order valence-corrected chi connectivity index (χ4v) is 8.64. The van der Waals surface area contributed by atoms with Crippen molar-refractivity contribution in [3.05, 3.63) is 60.8 Å². The van der Waals surface area contributed by atoms with Crippen molar-refractivity contribution in [3.63, 3.8) is 0 Å². The third-order valence-corrected chi connectivity index (χ3v) is 13.1. The highest BCUT2D eigenvalue weighted by Gasteiger charge is 2.24. The maximum absolute atomic E-state index is 13.3. The van der Waals surface area contributed by atoms with Crippen LogP contribution in [0.1, 0.15) is 290 Å². The molecule has 0 aliphatic heterocycles. The van der Waals surface area contributed by atoms with Gasteiger partial charge in [-0.05, 0) is 96.3 Å². The molecule has 390 valence electrons. The summed E-state index contributed by atoms with van der Waals surface area (Å²) in [5.74, 6) is -0.513. The molecule has 0 heterocycles. The van der Waals surface area contributed by atoms with E-state index < -0.39 is 18.2 Å². The number of carbonyl (C=O) groups is 2. The summed E-state index contributed by atoms with van der Waals surface area (Å²) in [4.78, 5) is 26.3. The van der Waals surface area contributed by atoms with Crippen LogP contribution in [0.2, 0.25) is 0 Å². The second kappa shape index (κ2) is 54.5. The number of hydrogen-bond acceptors (Lipinski definition) is 5. The highest BCUT2D eigenvalue weighted by Crippen LogP contribution is 2.18. The number of unbranched alkanes of at least 4 members (excludes halogenated alkanes) is 30. The number of ether oxygens (including phenoxy) is 1. The van der Waals surface area contributed by atoms with Crippen molar-refractivity contribution in [3.8, 4) is 0 Å². The number of hydrogen-bond donors (Lipinski definition) is 3. The fraction of sp³-hybridized carbons (Fsp3) is 0.803. The molecule has 0 aliphatic rings. The van der Waals surface area contributed by atoms with Crippen molar-refractivity contribution in [1.29, 1.82) is 0 Å². The number of esters is 1. The number of carbonyl (C=O) groups excluding carboxylic acids is 2. The molecular weight excluding hydrogens is 827 g/mol. The first kappa shape index (κ1) is 64.6. The minimum absolute atomic E-state index is 0.0482. The van der Waals surface area contributed by atoms with Crippen molar-refractivity contribution in [2.75, 3.05) is 6.61 Å². The molecule has 6 heteroatoms. The number of aliphatic hydroxyl groups is 2. The lowest BCUT2D eigenvalue weighted by Gasteiger charge is -2.24. The molecule has 0 spiro atoms. The zero-order valence-electron chi connectivity index (χ0n) is 44.5. The van der Waals surface area contributed by atoms with Crippen molar-refractivity contribution in [2.24, 2.45) is 0 Å². The molecule has 0 aromatic carbocycles. The Morgan fingerprint density at radius 3 is 1.19 bits per heavy atom. The second-order valence-corrected chi connectivity index (χ2v) is 19.7. The van der Waals surface area contributed by atoms with Crippen LogP contribution in [0.15, 0.2) is 60.8 Å². The molecule has 1 amide bonds. The molecule has 0 aromatic rings. The molecule has 0 aliphatic carbocycles. The molecule has 3 N–H and O–H groups in total. The minimum Gasteiger partial charge on any atom is -0.462 e. The van der Waals surface area contributed by atoms with Gasteiger partial charge in [0.25, 0.3) is 0 Å². The smallest absolute Gasteiger partial charge is 0.306 e. The van der Waals surface area contributed by atoms with Crippen molar-refractivity contribution in [1.82, 2.24) is 5.32 Å². The van der Waals surface area contributed by atoms with Crippen molar-refractivity contribution < 1.29 is 24.5 Å². The molecule has 0 saturated carbocycles. The maximum atomic E-state index is 13.3. The Bertz CT molecular complexity index is 1190. The van der Waals surface area contributed by atoms with E-state index in [2.05, 4.69) is 86.8 Å². The lowest BCUT2D eigenvalue weighted by molar-refractivity contribution is -0.151.